The predicted molar refractivity (Wildman–Crippen MR) is 109 cm³/mol. The van der Waals surface area contributed by atoms with E-state index in [0.29, 0.717) is 39.4 Å². The molecule has 0 aliphatic heterocycles. The molecular formula is C21H21ClN2O3. The van der Waals surface area contributed by atoms with Crippen LogP contribution in [0.4, 0.5) is 0 Å². The summed E-state index contributed by atoms with van der Waals surface area (Å²) in [6, 6.07) is 14.1. The van der Waals surface area contributed by atoms with Gasteiger partial charge in [-0.15, -0.1) is 0 Å². The van der Waals surface area contributed by atoms with Crippen molar-refractivity contribution in [3.05, 3.63) is 69.6 Å². The van der Waals surface area contributed by atoms with Crippen LogP contribution in [0.1, 0.15) is 30.8 Å². The van der Waals surface area contributed by atoms with Gasteiger partial charge in [0.1, 0.15) is 0 Å². The number of halogens is 1. The molecule has 0 atom stereocenters. The topological polar surface area (TPSA) is 71.3 Å². The van der Waals surface area contributed by atoms with E-state index in [9.17, 15) is 14.7 Å². The van der Waals surface area contributed by atoms with Gasteiger partial charge in [-0.3, -0.25) is 4.79 Å². The third kappa shape index (κ3) is 3.83. The van der Waals surface area contributed by atoms with Gasteiger partial charge in [-0.2, -0.15) is 0 Å². The van der Waals surface area contributed by atoms with Crippen molar-refractivity contribution in [2.45, 2.75) is 20.3 Å². The van der Waals surface area contributed by atoms with Crippen LogP contribution < -0.4 is 11.0 Å². The highest BCUT2D eigenvalue weighted by molar-refractivity contribution is 6.31. The zero-order valence-corrected chi connectivity index (χ0v) is 16.0. The van der Waals surface area contributed by atoms with Gasteiger partial charge in [0.25, 0.3) is 5.56 Å². The quantitative estimate of drug-likeness (QED) is 0.651. The van der Waals surface area contributed by atoms with Crippen molar-refractivity contribution in [2.75, 3.05) is 12.0 Å². The molecule has 0 fully saturated rings. The maximum atomic E-state index is 13.0. The molecule has 0 bridgehead atoms. The molecule has 3 aromatic rings. The van der Waals surface area contributed by atoms with Crippen LogP contribution in [0.5, 0.6) is 0 Å². The van der Waals surface area contributed by atoms with E-state index in [1.807, 2.05) is 30.3 Å². The maximum absolute atomic E-state index is 13.0. The molecule has 0 saturated carbocycles. The summed E-state index contributed by atoms with van der Waals surface area (Å²) in [5, 5.41) is 11.3. The molecule has 0 aliphatic carbocycles. The van der Waals surface area contributed by atoms with Crippen LogP contribution in [-0.4, -0.2) is 22.3 Å². The Morgan fingerprint density at radius 3 is 2.48 bits per heavy atom. The Balaban J connectivity index is 2.36. The van der Waals surface area contributed by atoms with Gasteiger partial charge in [0.2, 0.25) is 0 Å². The number of hydrogen-bond acceptors (Lipinski definition) is 3. The van der Waals surface area contributed by atoms with Crippen LogP contribution in [0.15, 0.2) is 53.3 Å². The van der Waals surface area contributed by atoms with E-state index in [0.717, 1.165) is 11.1 Å². The van der Waals surface area contributed by atoms with Crippen molar-refractivity contribution in [3.8, 4) is 11.1 Å². The number of nitrogens with one attached hydrogen (secondary N) is 1. The Morgan fingerprint density at radius 2 is 1.85 bits per heavy atom. The largest absolute Gasteiger partial charge is 0.476 e. The van der Waals surface area contributed by atoms with Gasteiger partial charge in [0.05, 0.1) is 0 Å². The lowest BCUT2D eigenvalue weighted by Gasteiger charge is -2.19. The van der Waals surface area contributed by atoms with Crippen molar-refractivity contribution >= 4 is 28.3 Å². The van der Waals surface area contributed by atoms with E-state index < -0.39 is 11.5 Å². The van der Waals surface area contributed by atoms with Gasteiger partial charge >= 0.3 is 5.97 Å². The number of benzene rings is 2. The highest BCUT2D eigenvalue weighted by Gasteiger charge is 2.23. The van der Waals surface area contributed by atoms with E-state index in [1.54, 1.807) is 18.2 Å². The third-order valence-electron chi connectivity index (χ3n) is 4.40. The lowest BCUT2D eigenvalue weighted by atomic mass is 9.97. The summed E-state index contributed by atoms with van der Waals surface area (Å²) in [5.74, 6) is -0.751. The number of fused-ring (bicyclic) bond motifs is 1. The molecular weight excluding hydrogens is 364 g/mol. The van der Waals surface area contributed by atoms with E-state index in [-0.39, 0.29) is 5.69 Å². The second-order valence-corrected chi connectivity index (χ2v) is 7.25. The van der Waals surface area contributed by atoms with Crippen LogP contribution in [-0.2, 0) is 0 Å². The standard InChI is InChI=1S/C21H21ClN2O3/c1-13(2)10-11-23-24-19(21(26)27)18(14-6-4-3-5-7-14)17-12-15(22)8-9-16(17)20(24)25/h3-9,12-13,23H,10-11H2,1-2H3,(H,26,27). The number of carbonyl (C=O) groups is 1. The first-order valence-corrected chi connectivity index (χ1v) is 9.18. The average Bonchev–Trinajstić information content (AvgIpc) is 2.63. The number of hydrogen-bond donors (Lipinski definition) is 2. The minimum atomic E-state index is -1.18. The van der Waals surface area contributed by atoms with Gasteiger partial charge in [-0.05, 0) is 41.5 Å². The molecule has 0 spiro atoms. The van der Waals surface area contributed by atoms with Crippen molar-refractivity contribution in [2.24, 2.45) is 5.92 Å². The molecule has 1 heterocycles. The molecule has 0 amide bonds. The lowest BCUT2D eigenvalue weighted by Crippen LogP contribution is -2.35. The van der Waals surface area contributed by atoms with Crippen molar-refractivity contribution < 1.29 is 9.90 Å². The van der Waals surface area contributed by atoms with Crippen molar-refractivity contribution in [1.29, 1.82) is 0 Å². The predicted octanol–water partition coefficient (Wildman–Crippen LogP) is 4.61. The Bertz CT molecular complexity index is 1040. The maximum Gasteiger partial charge on any atom is 0.355 e. The molecule has 0 radical (unpaired) electrons. The number of carboxylic acid groups (broad SMARTS) is 1. The molecule has 6 heteroatoms. The monoisotopic (exact) mass is 384 g/mol. The van der Waals surface area contributed by atoms with Crippen molar-refractivity contribution in [1.82, 2.24) is 4.68 Å². The lowest BCUT2D eigenvalue weighted by molar-refractivity contribution is 0.0686. The molecule has 5 nitrogen and oxygen atoms in total. The second-order valence-electron chi connectivity index (χ2n) is 6.82. The number of aromatic nitrogens is 1. The number of nitrogens with zero attached hydrogens (tertiary/aromatic N) is 1. The summed E-state index contributed by atoms with van der Waals surface area (Å²) in [4.78, 5) is 25.2. The molecule has 0 saturated heterocycles. The number of aromatic carboxylic acids is 1. The first kappa shape index (κ1) is 19.0. The molecule has 2 N–H and O–H groups in total. The van der Waals surface area contributed by atoms with Gasteiger partial charge in [-0.25, -0.2) is 9.47 Å². The number of carboxylic acids is 1. The minimum absolute atomic E-state index is 0.0928. The van der Waals surface area contributed by atoms with Gasteiger partial charge in [0, 0.05) is 22.5 Å². The summed E-state index contributed by atoms with van der Waals surface area (Å²) in [6.07, 6.45) is 0.810. The van der Waals surface area contributed by atoms with Gasteiger partial charge < -0.3 is 10.5 Å². The zero-order chi connectivity index (χ0) is 19.6. The first-order valence-electron chi connectivity index (χ1n) is 8.81. The third-order valence-corrected chi connectivity index (χ3v) is 4.64. The van der Waals surface area contributed by atoms with Crippen LogP contribution in [0.25, 0.3) is 21.9 Å². The molecule has 1 aromatic heterocycles. The van der Waals surface area contributed by atoms with Crippen LogP contribution in [0.3, 0.4) is 0 Å². The Labute approximate surface area is 162 Å². The molecule has 27 heavy (non-hydrogen) atoms. The highest BCUT2D eigenvalue weighted by Crippen LogP contribution is 2.32. The fourth-order valence-corrected chi connectivity index (χ4v) is 3.26. The van der Waals surface area contributed by atoms with Crippen molar-refractivity contribution in [3.63, 3.8) is 0 Å². The van der Waals surface area contributed by atoms with E-state index in [2.05, 4.69) is 19.3 Å². The normalized spacial score (nSPS) is 11.1. The Kier molecular flexibility index (Phi) is 5.51. The van der Waals surface area contributed by atoms with E-state index in [4.69, 9.17) is 11.6 Å². The SMILES string of the molecule is CC(C)CCNn1c(C(=O)O)c(-c2ccccc2)c2cc(Cl)ccc2c1=O. The number of pyridine rings is 1. The van der Waals surface area contributed by atoms with Gasteiger partial charge in [0.15, 0.2) is 5.69 Å². The first-order chi connectivity index (χ1) is 12.9. The Morgan fingerprint density at radius 1 is 1.15 bits per heavy atom. The average molecular weight is 385 g/mol. The smallest absolute Gasteiger partial charge is 0.355 e. The van der Waals surface area contributed by atoms with Gasteiger partial charge in [-0.1, -0.05) is 55.8 Å². The van der Waals surface area contributed by atoms with E-state index in [1.165, 1.54) is 0 Å². The Hall–Kier alpha value is -2.79. The summed E-state index contributed by atoms with van der Waals surface area (Å²) < 4.78 is 1.16. The van der Waals surface area contributed by atoms with E-state index >= 15 is 0 Å². The fourth-order valence-electron chi connectivity index (χ4n) is 3.09. The fraction of sp³-hybridized carbons (Fsp3) is 0.238. The van der Waals surface area contributed by atoms with Crippen LogP contribution in [0, 0.1) is 5.92 Å². The molecule has 0 aliphatic rings. The van der Waals surface area contributed by atoms with Crippen LogP contribution >= 0.6 is 11.6 Å². The number of rotatable bonds is 6. The molecule has 2 aromatic carbocycles. The summed E-state index contributed by atoms with van der Waals surface area (Å²) in [6.45, 7) is 4.63. The second kappa shape index (κ2) is 7.84. The minimum Gasteiger partial charge on any atom is -0.476 e. The van der Waals surface area contributed by atoms with Crippen LogP contribution in [0.2, 0.25) is 5.02 Å². The molecule has 140 valence electrons. The highest BCUT2D eigenvalue weighted by atomic mass is 35.5. The zero-order valence-electron chi connectivity index (χ0n) is 15.2. The molecule has 3 rings (SSSR count). The summed E-state index contributed by atoms with van der Waals surface area (Å²) in [5.41, 5.74) is 3.69. The summed E-state index contributed by atoms with van der Waals surface area (Å²) >= 11 is 6.15. The molecule has 0 unspecified atom stereocenters. The summed E-state index contributed by atoms with van der Waals surface area (Å²) in [7, 11) is 0.